The van der Waals surface area contributed by atoms with Crippen LogP contribution in [0, 0.1) is 10.6 Å². The SMILES string of the molecule is CC(O/N=[N+](\[O-])N(C)C(C)(C)C(=O)O)OC(=O)C(C)(C)C. The van der Waals surface area contributed by atoms with Crippen LogP contribution in [0.1, 0.15) is 41.5 Å². The summed E-state index contributed by atoms with van der Waals surface area (Å²) in [5, 5.41) is 24.6. The van der Waals surface area contributed by atoms with Gasteiger partial charge in [-0.15, -0.1) is 5.01 Å². The van der Waals surface area contributed by atoms with Gasteiger partial charge in [0.1, 0.15) is 0 Å². The van der Waals surface area contributed by atoms with E-state index in [1.165, 1.54) is 27.8 Å². The van der Waals surface area contributed by atoms with Gasteiger partial charge in [0.05, 0.1) is 17.4 Å². The molecule has 1 atom stereocenters. The van der Waals surface area contributed by atoms with Crippen LogP contribution >= 0.6 is 0 Å². The first-order chi connectivity index (χ1) is 9.30. The van der Waals surface area contributed by atoms with Crippen molar-refractivity contribution in [2.24, 2.45) is 10.7 Å². The molecule has 9 nitrogen and oxygen atoms in total. The van der Waals surface area contributed by atoms with Crippen LogP contribution in [0.4, 0.5) is 0 Å². The lowest BCUT2D eigenvalue weighted by molar-refractivity contribution is -0.719. The molecule has 0 aromatic heterocycles. The second kappa shape index (κ2) is 6.59. The molecule has 0 fully saturated rings. The van der Waals surface area contributed by atoms with E-state index in [9.17, 15) is 14.8 Å². The highest BCUT2D eigenvalue weighted by atomic mass is 16.8. The standard InChI is InChI=1S/C12H23N3O6/c1-8(20-10(18)11(2,3)4)21-13-15(19)14(7)12(5,6)9(16)17/h8H,1-7H3,(H,16,17)/b15-13-. The van der Waals surface area contributed by atoms with E-state index in [1.807, 2.05) is 0 Å². The molecule has 0 heterocycles. The molecule has 0 aliphatic carbocycles. The molecule has 0 radical (unpaired) electrons. The summed E-state index contributed by atoms with van der Waals surface area (Å²) in [5.74, 6) is -1.71. The largest absolute Gasteiger partial charge is 0.569 e. The van der Waals surface area contributed by atoms with Crippen LogP contribution in [-0.4, -0.2) is 45.9 Å². The first-order valence-electron chi connectivity index (χ1n) is 6.32. The number of ether oxygens (including phenoxy) is 1. The molecule has 0 saturated carbocycles. The Balaban J connectivity index is 4.68. The van der Waals surface area contributed by atoms with Crippen LogP contribution in [0.2, 0.25) is 0 Å². The summed E-state index contributed by atoms with van der Waals surface area (Å²) in [4.78, 5) is 27.3. The molecular formula is C12H23N3O6. The highest BCUT2D eigenvalue weighted by Crippen LogP contribution is 2.17. The average molecular weight is 305 g/mol. The van der Waals surface area contributed by atoms with Crippen LogP contribution < -0.4 is 0 Å². The fraction of sp³-hybridized carbons (Fsp3) is 0.833. The fourth-order valence-corrected chi connectivity index (χ4v) is 0.863. The maximum atomic E-state index is 11.6. The summed E-state index contributed by atoms with van der Waals surface area (Å²) in [6.45, 7) is 9.06. The summed E-state index contributed by atoms with van der Waals surface area (Å²) in [6, 6.07) is 0. The van der Waals surface area contributed by atoms with E-state index in [1.54, 1.807) is 20.8 Å². The van der Waals surface area contributed by atoms with Crippen LogP contribution in [0.3, 0.4) is 0 Å². The third-order valence-corrected chi connectivity index (χ3v) is 2.74. The van der Waals surface area contributed by atoms with Crippen molar-refractivity contribution < 1.29 is 29.2 Å². The number of esters is 1. The normalized spacial score (nSPS) is 14.3. The van der Waals surface area contributed by atoms with Gasteiger partial charge >= 0.3 is 11.9 Å². The zero-order valence-corrected chi connectivity index (χ0v) is 13.4. The molecule has 0 aromatic carbocycles. The van der Waals surface area contributed by atoms with E-state index in [2.05, 4.69) is 5.28 Å². The quantitative estimate of drug-likeness (QED) is 0.260. The Morgan fingerprint density at radius 3 is 2.14 bits per heavy atom. The Hall–Kier alpha value is -2.06. The predicted molar refractivity (Wildman–Crippen MR) is 71.6 cm³/mol. The smallest absolute Gasteiger partial charge is 0.334 e. The number of carbonyl (C=O) groups is 2. The number of rotatable bonds is 6. The number of likely N-dealkylation sites (N-methyl/N-ethyl adjacent to an activating group) is 1. The minimum atomic E-state index is -1.47. The maximum absolute atomic E-state index is 11.6. The summed E-state index contributed by atoms with van der Waals surface area (Å²) in [7, 11) is 1.25. The number of hydrazine groups is 1. The monoisotopic (exact) mass is 305 g/mol. The summed E-state index contributed by atoms with van der Waals surface area (Å²) < 4.78 is 4.92. The van der Waals surface area contributed by atoms with Crippen LogP contribution in [0.15, 0.2) is 5.28 Å². The van der Waals surface area contributed by atoms with Gasteiger partial charge in [0.15, 0.2) is 5.54 Å². The molecule has 21 heavy (non-hydrogen) atoms. The molecule has 0 aliphatic rings. The van der Waals surface area contributed by atoms with Crippen LogP contribution in [0.5, 0.6) is 0 Å². The summed E-state index contributed by atoms with van der Waals surface area (Å²) >= 11 is 0. The van der Waals surface area contributed by atoms with Gasteiger partial charge in [0.25, 0.3) is 6.29 Å². The van der Waals surface area contributed by atoms with Crippen molar-refractivity contribution in [3.05, 3.63) is 5.21 Å². The van der Waals surface area contributed by atoms with Gasteiger partial charge in [0.2, 0.25) is 5.28 Å². The van der Waals surface area contributed by atoms with E-state index in [4.69, 9.17) is 14.7 Å². The third-order valence-electron chi connectivity index (χ3n) is 2.74. The molecule has 0 aromatic rings. The Morgan fingerprint density at radius 1 is 1.29 bits per heavy atom. The van der Waals surface area contributed by atoms with Crippen molar-refractivity contribution in [3.63, 3.8) is 0 Å². The lowest BCUT2D eigenvalue weighted by Crippen LogP contribution is -2.51. The Bertz CT molecular complexity index is 427. The zero-order chi connectivity index (χ0) is 17.0. The number of nitrogens with zero attached hydrogens (tertiary/aromatic N) is 3. The predicted octanol–water partition coefficient (Wildman–Crippen LogP) is 1.53. The maximum Gasteiger partial charge on any atom is 0.334 e. The van der Waals surface area contributed by atoms with Gasteiger partial charge in [-0.1, -0.05) is 0 Å². The number of carboxylic acids is 1. The van der Waals surface area contributed by atoms with Gasteiger partial charge in [-0.3, -0.25) is 9.63 Å². The molecular weight excluding hydrogens is 282 g/mol. The Kier molecular flexibility index (Phi) is 5.95. The van der Waals surface area contributed by atoms with Gasteiger partial charge in [-0.05, 0) is 34.6 Å². The lowest BCUT2D eigenvalue weighted by atomic mass is 9.97. The third kappa shape index (κ3) is 5.44. The highest BCUT2D eigenvalue weighted by Gasteiger charge is 2.38. The molecule has 0 spiro atoms. The van der Waals surface area contributed by atoms with E-state index >= 15 is 0 Å². The number of carbonyl (C=O) groups excluding carboxylic acids is 1. The lowest BCUT2D eigenvalue weighted by Gasteiger charge is -2.26. The molecule has 0 saturated heterocycles. The first-order valence-corrected chi connectivity index (χ1v) is 6.32. The van der Waals surface area contributed by atoms with Crippen molar-refractivity contribution in [1.29, 1.82) is 0 Å². The first kappa shape index (κ1) is 18.9. The number of carboxylic acid groups (broad SMARTS) is 1. The average Bonchev–Trinajstić information content (AvgIpc) is 2.33. The van der Waals surface area contributed by atoms with E-state index < -0.39 is 29.2 Å². The van der Waals surface area contributed by atoms with Crippen molar-refractivity contribution >= 4 is 11.9 Å². The molecule has 122 valence electrons. The molecule has 0 aliphatic heterocycles. The van der Waals surface area contributed by atoms with Crippen molar-refractivity contribution in [3.8, 4) is 0 Å². The van der Waals surface area contributed by atoms with Gasteiger partial charge in [-0.2, -0.15) is 0 Å². The number of hydrogen-bond donors (Lipinski definition) is 1. The molecule has 9 heteroatoms. The van der Waals surface area contributed by atoms with E-state index in [0.717, 1.165) is 5.01 Å². The van der Waals surface area contributed by atoms with Crippen LogP contribution in [-0.2, 0) is 19.2 Å². The number of hydrogen-bond acceptors (Lipinski definition) is 6. The van der Waals surface area contributed by atoms with Gasteiger partial charge in [-0.25, -0.2) is 4.79 Å². The fourth-order valence-electron chi connectivity index (χ4n) is 0.863. The molecule has 0 amide bonds. The Labute approximate surface area is 123 Å². The van der Waals surface area contributed by atoms with Crippen molar-refractivity contribution in [2.45, 2.75) is 53.4 Å². The Morgan fingerprint density at radius 2 is 1.76 bits per heavy atom. The molecule has 0 bridgehead atoms. The highest BCUT2D eigenvalue weighted by molar-refractivity contribution is 5.77. The topological polar surface area (TPSA) is 114 Å². The van der Waals surface area contributed by atoms with Crippen molar-refractivity contribution in [1.82, 2.24) is 5.01 Å². The van der Waals surface area contributed by atoms with E-state index in [-0.39, 0.29) is 4.97 Å². The summed E-state index contributed by atoms with van der Waals surface area (Å²) in [6.07, 6.45) is -1.07. The second-order valence-electron chi connectivity index (χ2n) is 6.05. The minimum Gasteiger partial charge on any atom is -0.569 e. The second-order valence-corrected chi connectivity index (χ2v) is 6.05. The zero-order valence-electron chi connectivity index (χ0n) is 13.4. The molecule has 1 N–H and O–H groups in total. The molecule has 0 rings (SSSR count). The summed E-state index contributed by atoms with van der Waals surface area (Å²) in [5.41, 5.74) is -2.18. The van der Waals surface area contributed by atoms with Gasteiger partial charge in [0, 0.05) is 6.92 Å². The van der Waals surface area contributed by atoms with Crippen molar-refractivity contribution in [2.75, 3.05) is 7.05 Å². The van der Waals surface area contributed by atoms with E-state index in [0.29, 0.717) is 0 Å². The number of aliphatic carboxylic acids is 1. The minimum absolute atomic E-state index is 0.0183. The van der Waals surface area contributed by atoms with Crippen LogP contribution in [0.25, 0.3) is 0 Å². The van der Waals surface area contributed by atoms with Gasteiger partial charge < -0.3 is 15.1 Å². The molecule has 1 unspecified atom stereocenters.